The summed E-state index contributed by atoms with van der Waals surface area (Å²) in [4.78, 5) is 27.2. The molecule has 120 valence electrons. The quantitative estimate of drug-likeness (QED) is 0.728. The Morgan fingerprint density at radius 3 is 2.61 bits per heavy atom. The molecule has 1 fully saturated rings. The van der Waals surface area contributed by atoms with Crippen LogP contribution in [-0.2, 0) is 18.0 Å². The first-order valence-electron chi connectivity index (χ1n) is 7.19. The van der Waals surface area contributed by atoms with Gasteiger partial charge in [0.15, 0.2) is 0 Å². The minimum atomic E-state index is -2.54. The van der Waals surface area contributed by atoms with Crippen LogP contribution in [0.25, 0.3) is 6.08 Å². The molecule has 3 aliphatic heterocycles. The van der Waals surface area contributed by atoms with Crippen molar-refractivity contribution in [3.8, 4) is 0 Å². The van der Waals surface area contributed by atoms with E-state index in [1.807, 2.05) is 13.1 Å². The first-order chi connectivity index (χ1) is 11.0. The van der Waals surface area contributed by atoms with E-state index in [1.54, 1.807) is 18.2 Å². The first-order valence-corrected chi connectivity index (χ1v) is 9.05. The van der Waals surface area contributed by atoms with E-state index in [9.17, 15) is 9.59 Å². The Kier molecular flexibility index (Phi) is 3.30. The van der Waals surface area contributed by atoms with Crippen molar-refractivity contribution in [1.82, 2.24) is 4.90 Å². The molecule has 1 aromatic carbocycles. The second kappa shape index (κ2) is 5.12. The third-order valence-corrected chi connectivity index (χ3v) is 7.04. The van der Waals surface area contributed by atoms with E-state index in [-0.39, 0.29) is 0 Å². The van der Waals surface area contributed by atoms with E-state index in [0.29, 0.717) is 5.02 Å². The van der Waals surface area contributed by atoms with Crippen LogP contribution >= 0.6 is 22.2 Å². The lowest BCUT2D eigenvalue weighted by atomic mass is 10.1. The molecule has 1 spiro atoms. The summed E-state index contributed by atoms with van der Waals surface area (Å²) in [6, 6.07) is 5.29. The van der Waals surface area contributed by atoms with Crippen LogP contribution in [-0.4, -0.2) is 37.0 Å². The van der Waals surface area contributed by atoms with Crippen molar-refractivity contribution >= 4 is 40.2 Å². The van der Waals surface area contributed by atoms with Gasteiger partial charge in [-0.3, -0.25) is 0 Å². The van der Waals surface area contributed by atoms with Crippen molar-refractivity contribution in [3.05, 3.63) is 45.3 Å². The fourth-order valence-electron chi connectivity index (χ4n) is 2.95. The Morgan fingerprint density at radius 2 is 1.96 bits per heavy atom. The molecular weight excluding hydrogens is 338 g/mol. The van der Waals surface area contributed by atoms with E-state index in [2.05, 4.69) is 11.0 Å². The summed E-state index contributed by atoms with van der Waals surface area (Å²) in [5.74, 6) is -1.86. The highest BCUT2D eigenvalue weighted by atomic mass is 35.5. The third kappa shape index (κ3) is 2.21. The molecule has 4 rings (SSSR count). The van der Waals surface area contributed by atoms with Crippen LogP contribution in [0.5, 0.6) is 0 Å². The average Bonchev–Trinajstić information content (AvgIpc) is 2.97. The van der Waals surface area contributed by atoms with Crippen LogP contribution < -0.4 is 0 Å². The Bertz CT molecular complexity index is 785. The van der Waals surface area contributed by atoms with Crippen molar-refractivity contribution in [3.63, 3.8) is 0 Å². The highest BCUT2D eigenvalue weighted by molar-refractivity contribution is 8.30. The van der Waals surface area contributed by atoms with Gasteiger partial charge in [0.1, 0.15) is 0 Å². The average molecular weight is 352 g/mol. The van der Waals surface area contributed by atoms with Gasteiger partial charge >= 0.3 is 11.9 Å². The van der Waals surface area contributed by atoms with Gasteiger partial charge in [-0.1, -0.05) is 28.3 Å². The van der Waals surface area contributed by atoms with Crippen LogP contribution in [0.2, 0.25) is 5.02 Å². The predicted molar refractivity (Wildman–Crippen MR) is 87.7 cm³/mol. The molecule has 1 saturated heterocycles. The topological polar surface area (TPSA) is 55.8 Å². The summed E-state index contributed by atoms with van der Waals surface area (Å²) in [6.07, 6.45) is 4.84. The normalized spacial score (nSPS) is 23.9. The van der Waals surface area contributed by atoms with Gasteiger partial charge in [-0.15, -0.1) is 0 Å². The monoisotopic (exact) mass is 351 g/mol. The summed E-state index contributed by atoms with van der Waals surface area (Å²) in [7, 11) is -0.497. The summed E-state index contributed by atoms with van der Waals surface area (Å²) in [5, 5.41) is 0.587. The Morgan fingerprint density at radius 1 is 1.22 bits per heavy atom. The number of hydrogen-bond acceptors (Lipinski definition) is 5. The summed E-state index contributed by atoms with van der Waals surface area (Å²) >= 11 is 6.07. The predicted octanol–water partition coefficient (Wildman–Crippen LogP) is 3.05. The maximum Gasteiger partial charge on any atom is 0.442 e. The molecule has 3 aliphatic rings. The number of halogens is 1. The smallest absolute Gasteiger partial charge is 0.325 e. The molecule has 0 aromatic heterocycles. The molecule has 0 unspecified atom stereocenters. The van der Waals surface area contributed by atoms with Crippen LogP contribution in [0.3, 0.4) is 0 Å². The summed E-state index contributed by atoms with van der Waals surface area (Å²) < 4.78 is 11.0. The summed E-state index contributed by atoms with van der Waals surface area (Å²) in [6.45, 7) is 1.71. The van der Waals surface area contributed by atoms with Crippen LogP contribution in [0.4, 0.5) is 0 Å². The Hall–Kier alpha value is -1.76. The van der Waals surface area contributed by atoms with E-state index in [0.717, 1.165) is 40.4 Å². The van der Waals surface area contributed by atoms with Gasteiger partial charge < -0.3 is 13.3 Å². The van der Waals surface area contributed by atoms with E-state index in [4.69, 9.17) is 20.0 Å². The number of likely N-dealkylation sites (N-methyl/N-ethyl adjacent to an activating group) is 1. The van der Waals surface area contributed by atoms with Crippen molar-refractivity contribution < 1.29 is 18.0 Å². The number of hydrogen-bond donors (Lipinski definition) is 0. The largest absolute Gasteiger partial charge is 0.442 e. The van der Waals surface area contributed by atoms with E-state index in [1.165, 1.54) is 0 Å². The maximum atomic E-state index is 11.7. The fraction of sp³-hybridized carbons (Fsp3) is 0.250. The third-order valence-electron chi connectivity index (χ3n) is 4.12. The zero-order valence-corrected chi connectivity index (χ0v) is 13.9. The lowest BCUT2D eigenvalue weighted by molar-refractivity contribution is -0.150. The molecule has 5 nitrogen and oxygen atoms in total. The van der Waals surface area contributed by atoms with Crippen molar-refractivity contribution in [2.24, 2.45) is 0 Å². The summed E-state index contributed by atoms with van der Waals surface area (Å²) in [5.41, 5.74) is 1.90. The van der Waals surface area contributed by atoms with Crippen molar-refractivity contribution in [1.29, 1.82) is 0 Å². The molecule has 7 heteroatoms. The van der Waals surface area contributed by atoms with Crippen LogP contribution in [0.15, 0.2) is 39.6 Å². The van der Waals surface area contributed by atoms with Crippen molar-refractivity contribution in [2.75, 3.05) is 20.1 Å². The molecule has 23 heavy (non-hydrogen) atoms. The van der Waals surface area contributed by atoms with Gasteiger partial charge in [0.25, 0.3) is 0 Å². The Labute approximate surface area is 140 Å². The second-order valence-corrected chi connectivity index (χ2v) is 8.33. The molecule has 0 radical (unpaired) electrons. The number of carbonyl (C=O) groups excluding carboxylic acids is 2. The van der Waals surface area contributed by atoms with Crippen LogP contribution in [0, 0.1) is 0 Å². The first kappa shape index (κ1) is 14.8. The van der Waals surface area contributed by atoms with Gasteiger partial charge in [0.05, 0.1) is 9.80 Å². The second-order valence-electron chi connectivity index (χ2n) is 5.68. The number of nitrogens with zero attached hydrogens (tertiary/aromatic N) is 1. The van der Waals surface area contributed by atoms with Gasteiger partial charge in [-0.2, -0.15) is 0 Å². The van der Waals surface area contributed by atoms with Gasteiger partial charge in [-0.25, -0.2) is 9.59 Å². The fourth-order valence-corrected chi connectivity index (χ4v) is 5.81. The molecule has 1 aromatic rings. The molecular formula is C16H14ClNO4S. The van der Waals surface area contributed by atoms with Gasteiger partial charge in [0.2, 0.25) is 0 Å². The lowest BCUT2D eigenvalue weighted by Crippen LogP contribution is -2.25. The molecule has 0 atom stereocenters. The maximum absolute atomic E-state index is 11.7. The SMILES string of the molecule is CN1CC=C(C2=Cc3cc(Cl)ccc3S23OC(=O)C(=O)O3)CC1. The molecule has 0 saturated carbocycles. The highest BCUT2D eigenvalue weighted by Crippen LogP contribution is 2.73. The molecule has 0 amide bonds. The molecule has 3 heterocycles. The van der Waals surface area contributed by atoms with E-state index < -0.39 is 22.5 Å². The lowest BCUT2D eigenvalue weighted by Gasteiger charge is -2.36. The Balaban J connectivity index is 1.86. The van der Waals surface area contributed by atoms with E-state index >= 15 is 0 Å². The van der Waals surface area contributed by atoms with Crippen LogP contribution in [0.1, 0.15) is 12.0 Å². The van der Waals surface area contributed by atoms with Crippen molar-refractivity contribution in [2.45, 2.75) is 11.3 Å². The molecule has 0 aliphatic carbocycles. The zero-order chi connectivity index (χ0) is 16.2. The molecule has 0 bridgehead atoms. The highest BCUT2D eigenvalue weighted by Gasteiger charge is 2.50. The standard InChI is InChI=1S/C16H14ClNO4S/c1-18-6-4-10(5-7-18)14-9-11-8-12(17)2-3-13(11)23(14)21-15(19)16(20)22-23/h2-4,8-9H,5-7H2,1H3. The number of carbonyl (C=O) groups is 2. The zero-order valence-electron chi connectivity index (χ0n) is 12.4. The number of fused-ring (bicyclic) bond motifs is 2. The number of rotatable bonds is 1. The minimum absolute atomic E-state index is 0.587. The molecule has 0 N–H and O–H groups in total. The number of allylic oxidation sites excluding steroid dienone is 1. The van der Waals surface area contributed by atoms with Gasteiger partial charge in [-0.05, 0) is 43.3 Å². The number of benzene rings is 1. The minimum Gasteiger partial charge on any atom is -0.325 e. The van der Waals surface area contributed by atoms with Gasteiger partial charge in [0, 0.05) is 23.7 Å².